The molecule has 84 valence electrons. The molecule has 0 aromatic heterocycles. The van der Waals surface area contributed by atoms with Crippen molar-refractivity contribution in [3.05, 3.63) is 51.8 Å². The molecule has 0 saturated carbocycles. The van der Waals surface area contributed by atoms with Gasteiger partial charge in [0.2, 0.25) is 0 Å². The van der Waals surface area contributed by atoms with E-state index in [1.807, 2.05) is 6.08 Å². The lowest BCUT2D eigenvalue weighted by Crippen LogP contribution is -2.08. The van der Waals surface area contributed by atoms with E-state index < -0.39 is 16.8 Å². The molecule has 0 saturated heterocycles. The molecule has 16 heavy (non-hydrogen) atoms. The van der Waals surface area contributed by atoms with Crippen LogP contribution in [0, 0.1) is 15.9 Å². The van der Waals surface area contributed by atoms with Crippen LogP contribution in [0.15, 0.2) is 30.4 Å². The summed E-state index contributed by atoms with van der Waals surface area (Å²) in [5.41, 5.74) is 0.0857. The van der Waals surface area contributed by atoms with Gasteiger partial charge in [-0.2, -0.15) is 0 Å². The van der Waals surface area contributed by atoms with E-state index in [4.69, 9.17) is 4.74 Å². The van der Waals surface area contributed by atoms with E-state index in [2.05, 4.69) is 0 Å². The van der Waals surface area contributed by atoms with E-state index in [0.29, 0.717) is 12.2 Å². The van der Waals surface area contributed by atoms with Gasteiger partial charge in [0.05, 0.1) is 17.6 Å². The lowest BCUT2D eigenvalue weighted by molar-refractivity contribution is -0.385. The van der Waals surface area contributed by atoms with Crippen molar-refractivity contribution in [1.29, 1.82) is 0 Å². The molecule has 1 unspecified atom stereocenters. The first-order valence-corrected chi connectivity index (χ1v) is 4.90. The highest BCUT2D eigenvalue weighted by atomic mass is 19.1. The lowest BCUT2D eigenvalue weighted by Gasteiger charge is -2.18. The van der Waals surface area contributed by atoms with E-state index >= 15 is 0 Å². The van der Waals surface area contributed by atoms with Crippen molar-refractivity contribution >= 4 is 5.69 Å². The van der Waals surface area contributed by atoms with Crippen molar-refractivity contribution in [2.24, 2.45) is 0 Å². The van der Waals surface area contributed by atoms with Gasteiger partial charge >= 0.3 is 0 Å². The van der Waals surface area contributed by atoms with Crippen LogP contribution in [-0.4, -0.2) is 11.5 Å². The van der Waals surface area contributed by atoms with Crippen molar-refractivity contribution < 1.29 is 14.1 Å². The van der Waals surface area contributed by atoms with Crippen LogP contribution in [-0.2, 0) is 4.74 Å². The van der Waals surface area contributed by atoms with Crippen molar-refractivity contribution in [1.82, 2.24) is 0 Å². The highest BCUT2D eigenvalue weighted by Gasteiger charge is 2.18. The summed E-state index contributed by atoms with van der Waals surface area (Å²) >= 11 is 0. The fourth-order valence-corrected chi connectivity index (χ4v) is 1.59. The van der Waals surface area contributed by atoms with Gasteiger partial charge in [0.15, 0.2) is 0 Å². The summed E-state index contributed by atoms with van der Waals surface area (Å²) in [5, 5.41) is 10.4. The van der Waals surface area contributed by atoms with Gasteiger partial charge in [-0.3, -0.25) is 10.1 Å². The summed E-state index contributed by atoms with van der Waals surface area (Å²) in [6.07, 6.45) is 4.04. The number of hydrogen-bond donors (Lipinski definition) is 0. The molecule has 0 aliphatic carbocycles. The second kappa shape index (κ2) is 4.40. The van der Waals surface area contributed by atoms with E-state index in [9.17, 15) is 14.5 Å². The standard InChI is InChI=1S/C11H10FNO3/c12-10-7-8(13(14)15)4-5-9(10)11-3-1-2-6-16-11/h1,3-5,7,11H,2,6H2. The molecule has 0 radical (unpaired) electrons. The van der Waals surface area contributed by atoms with E-state index in [-0.39, 0.29) is 5.69 Å². The molecule has 0 spiro atoms. The van der Waals surface area contributed by atoms with E-state index in [1.54, 1.807) is 6.08 Å². The lowest BCUT2D eigenvalue weighted by atomic mass is 10.1. The topological polar surface area (TPSA) is 52.4 Å². The minimum Gasteiger partial charge on any atom is -0.369 e. The normalized spacial score (nSPS) is 19.7. The molecule has 4 nitrogen and oxygen atoms in total. The molecule has 0 amide bonds. The van der Waals surface area contributed by atoms with Gasteiger partial charge in [-0.25, -0.2) is 4.39 Å². The summed E-state index contributed by atoms with van der Waals surface area (Å²) in [7, 11) is 0. The SMILES string of the molecule is O=[N+]([O-])c1ccc(C2C=CCCO2)c(F)c1. The molecule has 0 bridgehead atoms. The zero-order chi connectivity index (χ0) is 11.5. The maximum absolute atomic E-state index is 13.6. The third-order valence-corrected chi connectivity index (χ3v) is 2.39. The van der Waals surface area contributed by atoms with Crippen LogP contribution in [0.4, 0.5) is 10.1 Å². The number of rotatable bonds is 2. The fraction of sp³-hybridized carbons (Fsp3) is 0.273. The summed E-state index contributed by atoms with van der Waals surface area (Å²) in [6.45, 7) is 0.539. The second-order valence-electron chi connectivity index (χ2n) is 3.47. The molecule has 1 aliphatic heterocycles. The van der Waals surface area contributed by atoms with Crippen LogP contribution in [0.25, 0.3) is 0 Å². The van der Waals surface area contributed by atoms with Crippen molar-refractivity contribution in [3.8, 4) is 0 Å². The monoisotopic (exact) mass is 223 g/mol. The van der Waals surface area contributed by atoms with Crippen LogP contribution >= 0.6 is 0 Å². The number of nitrogens with zero attached hydrogens (tertiary/aromatic N) is 1. The largest absolute Gasteiger partial charge is 0.369 e. The van der Waals surface area contributed by atoms with Gasteiger partial charge < -0.3 is 4.74 Å². The second-order valence-corrected chi connectivity index (χ2v) is 3.47. The predicted molar refractivity (Wildman–Crippen MR) is 55.5 cm³/mol. The van der Waals surface area contributed by atoms with Crippen molar-refractivity contribution in [3.63, 3.8) is 0 Å². The molecular weight excluding hydrogens is 213 g/mol. The van der Waals surface area contributed by atoms with Crippen LogP contribution in [0.2, 0.25) is 0 Å². The molecule has 1 aliphatic rings. The number of nitro groups is 1. The summed E-state index contributed by atoms with van der Waals surface area (Å²) in [5.74, 6) is -0.606. The maximum atomic E-state index is 13.6. The molecular formula is C11H10FNO3. The molecule has 1 aromatic rings. The van der Waals surface area contributed by atoms with Gasteiger partial charge in [0, 0.05) is 11.6 Å². The number of hydrogen-bond acceptors (Lipinski definition) is 3. The first-order valence-electron chi connectivity index (χ1n) is 4.90. The molecule has 1 heterocycles. The Hall–Kier alpha value is -1.75. The minimum atomic E-state index is -0.621. The minimum absolute atomic E-state index is 0.249. The zero-order valence-electron chi connectivity index (χ0n) is 8.43. The molecule has 2 rings (SSSR count). The Morgan fingerprint density at radius 3 is 2.88 bits per heavy atom. The first kappa shape index (κ1) is 10.8. The molecule has 1 atom stereocenters. The van der Waals surface area contributed by atoms with Crippen LogP contribution < -0.4 is 0 Å². The van der Waals surface area contributed by atoms with Crippen molar-refractivity contribution in [2.75, 3.05) is 6.61 Å². The van der Waals surface area contributed by atoms with Crippen LogP contribution in [0.1, 0.15) is 18.1 Å². The maximum Gasteiger partial charge on any atom is 0.272 e. The first-order chi connectivity index (χ1) is 7.68. The summed E-state index contributed by atoms with van der Waals surface area (Å²) < 4.78 is 18.9. The summed E-state index contributed by atoms with van der Waals surface area (Å²) in [6, 6.07) is 3.60. The Kier molecular flexibility index (Phi) is 2.96. The number of halogens is 1. The third kappa shape index (κ3) is 2.09. The Morgan fingerprint density at radius 2 is 2.31 bits per heavy atom. The highest BCUT2D eigenvalue weighted by Crippen LogP contribution is 2.27. The predicted octanol–water partition coefficient (Wildman–Crippen LogP) is 2.75. The Labute approximate surface area is 91.5 Å². The Balaban J connectivity index is 2.31. The molecule has 0 fully saturated rings. The fourth-order valence-electron chi connectivity index (χ4n) is 1.59. The Morgan fingerprint density at radius 1 is 1.50 bits per heavy atom. The zero-order valence-corrected chi connectivity index (χ0v) is 8.43. The van der Waals surface area contributed by atoms with Gasteiger partial charge in [0.25, 0.3) is 5.69 Å². The molecule has 5 heteroatoms. The van der Waals surface area contributed by atoms with E-state index in [0.717, 1.165) is 12.5 Å². The number of non-ortho nitro benzene ring substituents is 1. The van der Waals surface area contributed by atoms with Gasteiger partial charge in [-0.05, 0) is 12.5 Å². The number of benzene rings is 1. The van der Waals surface area contributed by atoms with Gasteiger partial charge in [-0.1, -0.05) is 12.2 Å². The van der Waals surface area contributed by atoms with Crippen molar-refractivity contribution in [2.45, 2.75) is 12.5 Å². The number of ether oxygens (including phenoxy) is 1. The smallest absolute Gasteiger partial charge is 0.272 e. The number of nitro benzene ring substituents is 1. The van der Waals surface area contributed by atoms with Gasteiger partial charge in [-0.15, -0.1) is 0 Å². The highest BCUT2D eigenvalue weighted by molar-refractivity contribution is 5.36. The van der Waals surface area contributed by atoms with Crippen LogP contribution in [0.3, 0.4) is 0 Å². The van der Waals surface area contributed by atoms with E-state index in [1.165, 1.54) is 12.1 Å². The average Bonchev–Trinajstić information content (AvgIpc) is 2.30. The average molecular weight is 223 g/mol. The quantitative estimate of drug-likeness (QED) is 0.440. The van der Waals surface area contributed by atoms with Gasteiger partial charge in [0.1, 0.15) is 11.9 Å². The third-order valence-electron chi connectivity index (χ3n) is 2.39. The molecule has 1 aromatic carbocycles. The molecule has 0 N–H and O–H groups in total. The Bertz CT molecular complexity index is 445. The van der Waals surface area contributed by atoms with Crippen LogP contribution in [0.5, 0.6) is 0 Å². The summed E-state index contributed by atoms with van der Waals surface area (Å²) in [4.78, 5) is 9.81.